The monoisotopic (exact) mass is 564 g/mol. The van der Waals surface area contributed by atoms with Crippen molar-refractivity contribution in [1.29, 1.82) is 0 Å². The number of amides is 2. The van der Waals surface area contributed by atoms with Gasteiger partial charge in [-0.15, -0.1) is 6.58 Å². The first-order valence-corrected chi connectivity index (χ1v) is 14.2. The van der Waals surface area contributed by atoms with E-state index in [0.29, 0.717) is 24.1 Å². The first kappa shape index (κ1) is 28.8. The Morgan fingerprint density at radius 2 is 1.79 bits per heavy atom. The molecule has 5 rings (SSSR count). The summed E-state index contributed by atoms with van der Waals surface area (Å²) in [4.78, 5) is 47.9. The molecule has 8 heteroatoms. The van der Waals surface area contributed by atoms with Crippen molar-refractivity contribution in [3.05, 3.63) is 107 Å². The number of phenols is 1. The number of carbonyl (C=O) groups is 2. The molecule has 216 valence electrons. The van der Waals surface area contributed by atoms with Crippen LogP contribution in [0.25, 0.3) is 0 Å². The molecule has 3 aromatic rings. The van der Waals surface area contributed by atoms with Crippen molar-refractivity contribution in [3.63, 3.8) is 0 Å². The zero-order valence-corrected chi connectivity index (χ0v) is 24.3. The summed E-state index contributed by atoms with van der Waals surface area (Å²) in [6.07, 6.45) is 3.00. The number of nitrogens with one attached hydrogen (secondary N) is 2. The van der Waals surface area contributed by atoms with Crippen molar-refractivity contribution in [2.24, 2.45) is 11.8 Å². The van der Waals surface area contributed by atoms with Crippen LogP contribution in [0.1, 0.15) is 48.0 Å². The van der Waals surface area contributed by atoms with Crippen molar-refractivity contribution in [2.75, 3.05) is 5.32 Å². The highest BCUT2D eigenvalue weighted by molar-refractivity contribution is 5.99. The van der Waals surface area contributed by atoms with E-state index in [1.807, 2.05) is 26.0 Å². The van der Waals surface area contributed by atoms with Crippen LogP contribution in [0.2, 0.25) is 0 Å². The summed E-state index contributed by atoms with van der Waals surface area (Å²) in [5.74, 6) is 0.655. The standard InChI is InChI=1S/C34H36N4O4/c1-6-20(2)34(5)33(42)37-30(25-17-23-11-7-8-12-24(23)18-25)28(19-39)38(34)31(26-16-15-21(3)35-22(26)4)32(41)36-27-13-9-10-14-29(27)40/h6-16,20,25,30-31,40H,1,17-18H2,2-5H3,(H,36,41)(H,37,42)/t20-,30+,31?,34+/m0/s1. The van der Waals surface area contributed by atoms with Gasteiger partial charge >= 0.3 is 0 Å². The Morgan fingerprint density at radius 1 is 1.14 bits per heavy atom. The number of pyridine rings is 1. The van der Waals surface area contributed by atoms with E-state index in [1.54, 1.807) is 55.2 Å². The number of fused-ring (bicyclic) bond motifs is 1. The molecule has 1 aliphatic carbocycles. The molecule has 0 spiro atoms. The number of aromatic hydroxyl groups is 1. The van der Waals surface area contributed by atoms with Crippen molar-refractivity contribution in [3.8, 4) is 5.75 Å². The molecule has 0 bridgehead atoms. The van der Waals surface area contributed by atoms with Gasteiger partial charge in [0.15, 0.2) is 0 Å². The number of aromatic nitrogens is 1. The summed E-state index contributed by atoms with van der Waals surface area (Å²) in [6, 6.07) is 16.3. The van der Waals surface area contributed by atoms with Gasteiger partial charge in [-0.2, -0.15) is 0 Å². The Hall–Kier alpha value is -4.68. The number of hydrogen-bond donors (Lipinski definition) is 3. The second-order valence-corrected chi connectivity index (χ2v) is 11.5. The molecular weight excluding hydrogens is 528 g/mol. The second-order valence-electron chi connectivity index (χ2n) is 11.5. The second kappa shape index (κ2) is 11.3. The quantitative estimate of drug-likeness (QED) is 0.220. The number of piperazine rings is 1. The first-order chi connectivity index (χ1) is 20.1. The summed E-state index contributed by atoms with van der Waals surface area (Å²) < 4.78 is 0. The van der Waals surface area contributed by atoms with Crippen molar-refractivity contribution in [1.82, 2.24) is 15.2 Å². The fourth-order valence-electron chi connectivity index (χ4n) is 6.37. The molecule has 8 nitrogen and oxygen atoms in total. The molecule has 1 saturated heterocycles. The SMILES string of the molecule is C=C[C@H](C)[C@]1(C)C(=O)N[C@H](C2Cc3ccccc3C2)C(=C=O)N1C(C(=O)Nc1ccccc1O)c1ccc(C)nc1C. The van der Waals surface area contributed by atoms with Crippen LogP contribution in [0.5, 0.6) is 5.75 Å². The van der Waals surface area contributed by atoms with E-state index in [0.717, 1.165) is 5.69 Å². The Bertz CT molecular complexity index is 1590. The lowest BCUT2D eigenvalue weighted by molar-refractivity contribution is -0.143. The van der Waals surface area contributed by atoms with Gasteiger partial charge in [0.05, 0.1) is 11.7 Å². The molecule has 1 unspecified atom stereocenters. The van der Waals surface area contributed by atoms with Crippen molar-refractivity contribution < 1.29 is 19.5 Å². The number of aryl methyl sites for hydroxylation is 2. The van der Waals surface area contributed by atoms with Crippen LogP contribution in [-0.4, -0.2) is 44.3 Å². The average molecular weight is 565 g/mol. The molecule has 1 aromatic heterocycles. The van der Waals surface area contributed by atoms with Gasteiger partial charge < -0.3 is 20.6 Å². The highest BCUT2D eigenvalue weighted by atomic mass is 16.3. The molecule has 3 N–H and O–H groups in total. The van der Waals surface area contributed by atoms with Crippen molar-refractivity contribution in [2.45, 2.75) is 58.2 Å². The minimum atomic E-state index is -1.38. The number of anilines is 1. The van der Waals surface area contributed by atoms with Crippen LogP contribution in [-0.2, 0) is 27.2 Å². The van der Waals surface area contributed by atoms with Gasteiger partial charge in [0.2, 0.25) is 5.91 Å². The third-order valence-electron chi connectivity index (χ3n) is 8.93. The van der Waals surface area contributed by atoms with Crippen LogP contribution in [0.15, 0.2) is 79.0 Å². The van der Waals surface area contributed by atoms with Crippen LogP contribution in [0.3, 0.4) is 0 Å². The predicted octanol–water partition coefficient (Wildman–Crippen LogP) is 4.60. The number of hydrogen-bond acceptors (Lipinski definition) is 6. The van der Waals surface area contributed by atoms with Crippen LogP contribution in [0.4, 0.5) is 5.69 Å². The Morgan fingerprint density at radius 3 is 2.38 bits per heavy atom. The van der Waals surface area contributed by atoms with Gasteiger partial charge in [-0.05, 0) is 68.9 Å². The van der Waals surface area contributed by atoms with E-state index in [1.165, 1.54) is 17.2 Å². The highest BCUT2D eigenvalue weighted by Gasteiger charge is 2.56. The Kier molecular flexibility index (Phi) is 7.76. The van der Waals surface area contributed by atoms with Gasteiger partial charge in [-0.1, -0.05) is 55.5 Å². The number of carbonyl (C=O) groups excluding carboxylic acids is 3. The topological polar surface area (TPSA) is 112 Å². The number of para-hydroxylation sites is 2. The summed E-state index contributed by atoms with van der Waals surface area (Å²) in [6.45, 7) is 11.2. The van der Waals surface area contributed by atoms with E-state index in [9.17, 15) is 19.5 Å². The summed E-state index contributed by atoms with van der Waals surface area (Å²) >= 11 is 0. The average Bonchev–Trinajstić information content (AvgIpc) is 3.41. The molecule has 2 heterocycles. The maximum atomic E-state index is 14.4. The molecule has 2 amide bonds. The number of phenolic OH excluding ortho intramolecular Hbond substituents is 1. The maximum Gasteiger partial charge on any atom is 0.251 e. The molecule has 1 fully saturated rings. The van der Waals surface area contributed by atoms with E-state index in [4.69, 9.17) is 0 Å². The normalized spacial score (nSPS) is 21.6. The molecule has 2 aromatic carbocycles. The van der Waals surface area contributed by atoms with Crippen LogP contribution in [0, 0.1) is 25.7 Å². The fraction of sp³-hybridized carbons (Fsp3) is 0.324. The summed E-state index contributed by atoms with van der Waals surface area (Å²) in [7, 11) is 0. The first-order valence-electron chi connectivity index (χ1n) is 14.2. The minimum absolute atomic E-state index is 0.102. The van der Waals surface area contributed by atoms with Gasteiger partial charge in [0, 0.05) is 22.9 Å². The van der Waals surface area contributed by atoms with Gasteiger partial charge in [-0.3, -0.25) is 14.6 Å². The predicted molar refractivity (Wildman–Crippen MR) is 161 cm³/mol. The summed E-state index contributed by atoms with van der Waals surface area (Å²) in [5, 5.41) is 16.5. The molecule has 0 radical (unpaired) electrons. The van der Waals surface area contributed by atoms with E-state index in [2.05, 4.69) is 40.3 Å². The smallest absolute Gasteiger partial charge is 0.251 e. The number of rotatable bonds is 7. The zero-order chi connectivity index (χ0) is 30.2. The molecular formula is C34H36N4O4. The molecule has 4 atom stereocenters. The largest absolute Gasteiger partial charge is 0.506 e. The maximum absolute atomic E-state index is 14.4. The third kappa shape index (κ3) is 4.88. The van der Waals surface area contributed by atoms with E-state index in [-0.39, 0.29) is 29.0 Å². The number of nitrogens with zero attached hydrogens (tertiary/aromatic N) is 2. The number of benzene rings is 2. The Labute approximate surface area is 246 Å². The lowest BCUT2D eigenvalue weighted by Crippen LogP contribution is -2.70. The van der Waals surface area contributed by atoms with Gasteiger partial charge in [0.25, 0.3) is 5.91 Å². The van der Waals surface area contributed by atoms with E-state index >= 15 is 0 Å². The molecule has 1 aliphatic heterocycles. The highest BCUT2D eigenvalue weighted by Crippen LogP contribution is 2.45. The lowest BCUT2D eigenvalue weighted by atomic mass is 9.76. The summed E-state index contributed by atoms with van der Waals surface area (Å²) in [5.41, 5.74) is 3.26. The third-order valence-corrected chi connectivity index (χ3v) is 8.93. The fourth-order valence-corrected chi connectivity index (χ4v) is 6.37. The molecule has 42 heavy (non-hydrogen) atoms. The van der Waals surface area contributed by atoms with Crippen LogP contribution >= 0.6 is 0 Å². The van der Waals surface area contributed by atoms with E-state index < -0.39 is 29.4 Å². The minimum Gasteiger partial charge on any atom is -0.506 e. The van der Waals surface area contributed by atoms with Gasteiger partial charge in [-0.25, -0.2) is 4.79 Å². The molecule has 2 aliphatic rings. The lowest BCUT2D eigenvalue weighted by Gasteiger charge is -2.53. The Balaban J connectivity index is 1.69. The van der Waals surface area contributed by atoms with Gasteiger partial charge in [0.1, 0.15) is 29.0 Å². The van der Waals surface area contributed by atoms with Crippen LogP contribution < -0.4 is 10.6 Å². The molecule has 0 saturated carbocycles. The zero-order valence-electron chi connectivity index (χ0n) is 24.3. The van der Waals surface area contributed by atoms with Crippen molar-refractivity contribution >= 4 is 23.4 Å².